The summed E-state index contributed by atoms with van der Waals surface area (Å²) in [6.07, 6.45) is 2.47. The van der Waals surface area contributed by atoms with Crippen LogP contribution in [0, 0.1) is 6.92 Å². The monoisotopic (exact) mass is 421 g/mol. The summed E-state index contributed by atoms with van der Waals surface area (Å²) in [5.74, 6) is 2.46. The van der Waals surface area contributed by atoms with E-state index in [4.69, 9.17) is 14.0 Å². The van der Waals surface area contributed by atoms with Crippen molar-refractivity contribution < 1.29 is 18.8 Å². The molecule has 2 aromatic carbocycles. The van der Waals surface area contributed by atoms with Gasteiger partial charge in [0.05, 0.1) is 19.4 Å². The molecule has 1 amide bonds. The predicted octanol–water partition coefficient (Wildman–Crippen LogP) is 4.75. The highest BCUT2D eigenvalue weighted by atomic mass is 16.5. The Morgan fingerprint density at radius 2 is 1.94 bits per heavy atom. The molecule has 0 bridgehead atoms. The van der Waals surface area contributed by atoms with Gasteiger partial charge in [0.2, 0.25) is 5.91 Å². The number of aromatic nitrogens is 2. The lowest BCUT2D eigenvalue weighted by molar-refractivity contribution is -0.117. The molecule has 0 spiro atoms. The minimum atomic E-state index is -0.118. The first kappa shape index (κ1) is 20.9. The van der Waals surface area contributed by atoms with E-state index in [-0.39, 0.29) is 11.8 Å². The second-order valence-corrected chi connectivity index (χ2v) is 7.74. The maximum Gasteiger partial charge on any atom is 0.257 e. The minimum absolute atomic E-state index is 0.0429. The van der Waals surface area contributed by atoms with E-state index in [9.17, 15) is 4.79 Å². The summed E-state index contributed by atoms with van der Waals surface area (Å²) in [4.78, 5) is 19.1. The third-order valence-corrected chi connectivity index (χ3v) is 5.51. The van der Waals surface area contributed by atoms with Gasteiger partial charge in [-0.05, 0) is 49.2 Å². The molecular formula is C24H27N3O4. The van der Waals surface area contributed by atoms with Crippen LogP contribution < -0.4 is 14.4 Å². The van der Waals surface area contributed by atoms with Crippen molar-refractivity contribution in [3.8, 4) is 23.0 Å². The van der Waals surface area contributed by atoms with Gasteiger partial charge < -0.3 is 18.9 Å². The summed E-state index contributed by atoms with van der Waals surface area (Å²) < 4.78 is 16.5. The van der Waals surface area contributed by atoms with E-state index in [0.29, 0.717) is 31.3 Å². The van der Waals surface area contributed by atoms with Gasteiger partial charge in [-0.2, -0.15) is 4.98 Å². The highest BCUT2D eigenvalue weighted by Gasteiger charge is 2.35. The Bertz CT molecular complexity index is 1050. The fraction of sp³-hybridized carbons (Fsp3) is 0.375. The summed E-state index contributed by atoms with van der Waals surface area (Å²) >= 11 is 0. The number of hydrogen-bond donors (Lipinski definition) is 0. The minimum Gasteiger partial charge on any atom is -0.497 e. The predicted molar refractivity (Wildman–Crippen MR) is 118 cm³/mol. The highest BCUT2D eigenvalue weighted by molar-refractivity contribution is 5.97. The molecule has 0 N–H and O–H groups in total. The second kappa shape index (κ2) is 9.20. The van der Waals surface area contributed by atoms with Gasteiger partial charge in [-0.1, -0.05) is 24.6 Å². The molecule has 2 heterocycles. The number of nitrogens with zero attached hydrogens (tertiary/aromatic N) is 3. The van der Waals surface area contributed by atoms with Gasteiger partial charge in [-0.3, -0.25) is 4.79 Å². The van der Waals surface area contributed by atoms with Gasteiger partial charge in [0.25, 0.3) is 5.89 Å². The average molecular weight is 421 g/mol. The number of rotatable bonds is 8. The summed E-state index contributed by atoms with van der Waals surface area (Å²) in [6, 6.07) is 13.4. The van der Waals surface area contributed by atoms with Crippen LogP contribution in [0.1, 0.15) is 43.5 Å². The molecule has 1 fully saturated rings. The number of unbranched alkanes of at least 4 members (excludes halogenated alkanes) is 1. The molecule has 4 rings (SSSR count). The molecule has 1 aromatic heterocycles. The number of methoxy groups -OCH3 is 1. The summed E-state index contributed by atoms with van der Waals surface area (Å²) in [5, 5.41) is 4.16. The topological polar surface area (TPSA) is 77.7 Å². The lowest BCUT2D eigenvalue weighted by atomic mass is 10.1. The second-order valence-electron chi connectivity index (χ2n) is 7.74. The summed E-state index contributed by atoms with van der Waals surface area (Å²) in [7, 11) is 1.62. The van der Waals surface area contributed by atoms with Crippen LogP contribution in [-0.4, -0.2) is 36.3 Å². The lowest BCUT2D eigenvalue weighted by Gasteiger charge is -2.19. The fourth-order valence-corrected chi connectivity index (χ4v) is 3.67. The van der Waals surface area contributed by atoms with Crippen LogP contribution in [-0.2, 0) is 4.79 Å². The Kier molecular flexibility index (Phi) is 6.21. The fourth-order valence-electron chi connectivity index (χ4n) is 3.67. The van der Waals surface area contributed by atoms with Crippen LogP contribution in [0.5, 0.6) is 11.5 Å². The van der Waals surface area contributed by atoms with E-state index in [1.807, 2.05) is 49.4 Å². The molecule has 31 heavy (non-hydrogen) atoms. The first-order valence-electron chi connectivity index (χ1n) is 10.6. The van der Waals surface area contributed by atoms with Gasteiger partial charge in [0, 0.05) is 30.5 Å². The summed E-state index contributed by atoms with van der Waals surface area (Å²) in [6.45, 7) is 5.33. The van der Waals surface area contributed by atoms with Crippen molar-refractivity contribution in [1.82, 2.24) is 10.1 Å². The maximum atomic E-state index is 12.7. The van der Waals surface area contributed by atoms with E-state index in [2.05, 4.69) is 17.1 Å². The zero-order chi connectivity index (χ0) is 21.8. The van der Waals surface area contributed by atoms with Gasteiger partial charge >= 0.3 is 0 Å². The molecule has 0 aliphatic carbocycles. The Balaban J connectivity index is 1.47. The van der Waals surface area contributed by atoms with E-state index in [1.165, 1.54) is 0 Å². The number of ether oxygens (including phenoxy) is 2. The Labute approximate surface area is 182 Å². The molecule has 1 atom stereocenters. The third kappa shape index (κ3) is 4.55. The molecule has 0 radical (unpaired) electrons. The first-order chi connectivity index (χ1) is 15.1. The molecule has 1 saturated heterocycles. The Morgan fingerprint density at radius 1 is 1.16 bits per heavy atom. The van der Waals surface area contributed by atoms with E-state index in [1.54, 1.807) is 12.0 Å². The SMILES string of the molecule is CCCCOc1ccc(-c2nc(C3CC(=O)N(c4cc(OC)ccc4C)C3)no2)cc1. The Hall–Kier alpha value is -3.35. The number of aryl methyl sites for hydroxylation is 1. The number of benzene rings is 2. The average Bonchev–Trinajstić information content (AvgIpc) is 3.42. The van der Waals surface area contributed by atoms with Crippen molar-refractivity contribution in [2.24, 2.45) is 0 Å². The van der Waals surface area contributed by atoms with E-state index in [0.717, 1.165) is 41.2 Å². The van der Waals surface area contributed by atoms with Crippen molar-refractivity contribution >= 4 is 11.6 Å². The molecule has 1 aliphatic rings. The molecule has 1 unspecified atom stereocenters. The number of anilines is 1. The maximum absolute atomic E-state index is 12.7. The number of hydrogen-bond acceptors (Lipinski definition) is 6. The zero-order valence-corrected chi connectivity index (χ0v) is 18.1. The molecule has 1 aliphatic heterocycles. The van der Waals surface area contributed by atoms with Crippen LogP contribution in [0.4, 0.5) is 5.69 Å². The van der Waals surface area contributed by atoms with E-state index >= 15 is 0 Å². The number of carbonyl (C=O) groups excluding carboxylic acids is 1. The third-order valence-electron chi connectivity index (χ3n) is 5.51. The van der Waals surface area contributed by atoms with Gasteiger partial charge in [-0.15, -0.1) is 0 Å². The quantitative estimate of drug-likeness (QED) is 0.488. The molecular weight excluding hydrogens is 394 g/mol. The number of carbonyl (C=O) groups is 1. The zero-order valence-electron chi connectivity index (χ0n) is 18.1. The lowest BCUT2D eigenvalue weighted by Crippen LogP contribution is -2.25. The van der Waals surface area contributed by atoms with Crippen LogP contribution >= 0.6 is 0 Å². The molecule has 7 nitrogen and oxygen atoms in total. The number of amides is 1. The van der Waals surface area contributed by atoms with Crippen molar-refractivity contribution in [3.05, 3.63) is 53.9 Å². The Morgan fingerprint density at radius 3 is 2.68 bits per heavy atom. The van der Waals surface area contributed by atoms with Crippen molar-refractivity contribution in [2.75, 3.05) is 25.2 Å². The molecule has 7 heteroatoms. The van der Waals surface area contributed by atoms with Crippen LogP contribution in [0.3, 0.4) is 0 Å². The standard InChI is InChI=1S/C24H27N3O4/c1-4-5-12-30-19-10-7-17(8-11-19)24-25-23(26-31-24)18-13-22(28)27(15-18)21-14-20(29-3)9-6-16(21)2/h6-11,14,18H,4-5,12-13,15H2,1-3H3. The van der Waals surface area contributed by atoms with Crippen LogP contribution in [0.2, 0.25) is 0 Å². The largest absolute Gasteiger partial charge is 0.497 e. The van der Waals surface area contributed by atoms with Gasteiger partial charge in [0.1, 0.15) is 11.5 Å². The van der Waals surface area contributed by atoms with E-state index < -0.39 is 0 Å². The molecule has 162 valence electrons. The van der Waals surface area contributed by atoms with Crippen LogP contribution in [0.25, 0.3) is 11.5 Å². The van der Waals surface area contributed by atoms with Crippen molar-refractivity contribution in [3.63, 3.8) is 0 Å². The summed E-state index contributed by atoms with van der Waals surface area (Å²) in [5.41, 5.74) is 2.70. The normalized spacial score (nSPS) is 16.0. The smallest absolute Gasteiger partial charge is 0.257 e. The molecule has 3 aromatic rings. The first-order valence-corrected chi connectivity index (χ1v) is 10.6. The van der Waals surface area contributed by atoms with Crippen LogP contribution in [0.15, 0.2) is 47.0 Å². The van der Waals surface area contributed by atoms with Gasteiger partial charge in [-0.25, -0.2) is 0 Å². The highest BCUT2D eigenvalue weighted by Crippen LogP contribution is 2.34. The molecule has 0 saturated carbocycles. The van der Waals surface area contributed by atoms with Crippen molar-refractivity contribution in [1.29, 1.82) is 0 Å². The van der Waals surface area contributed by atoms with Gasteiger partial charge in [0.15, 0.2) is 5.82 Å². The van der Waals surface area contributed by atoms with Crippen molar-refractivity contribution in [2.45, 2.75) is 39.0 Å².